The number of aromatic nitrogens is 4. The molecule has 128 valence electrons. The first kappa shape index (κ1) is 18.6. The topological polar surface area (TPSA) is 64.9 Å². The monoisotopic (exact) mass is 447 g/mol. The number of rotatable bonds is 9. The van der Waals surface area contributed by atoms with E-state index in [-0.39, 0.29) is 0 Å². The third-order valence-electron chi connectivity index (χ3n) is 3.52. The predicted octanol–water partition coefficient (Wildman–Crippen LogP) is 3.96. The van der Waals surface area contributed by atoms with E-state index < -0.39 is 8.07 Å². The fourth-order valence-electron chi connectivity index (χ4n) is 2.07. The highest BCUT2D eigenvalue weighted by atomic mass is 127. The van der Waals surface area contributed by atoms with Crippen LogP contribution in [0.5, 0.6) is 0 Å². The van der Waals surface area contributed by atoms with Gasteiger partial charge in [0, 0.05) is 43.8 Å². The number of nitrogens with one attached hydrogen (secondary N) is 1. The first-order valence-corrected chi connectivity index (χ1v) is 12.9. The first-order chi connectivity index (χ1) is 10.9. The van der Waals surface area contributed by atoms with Crippen LogP contribution in [0.1, 0.15) is 19.8 Å². The van der Waals surface area contributed by atoms with Crippen molar-refractivity contribution in [3.8, 4) is 0 Å². The largest absolute Gasteiger partial charge is 0.368 e. The van der Waals surface area contributed by atoms with Gasteiger partial charge in [-0.15, -0.1) is 0 Å². The zero-order valence-corrected chi connectivity index (χ0v) is 17.6. The fourth-order valence-corrected chi connectivity index (χ4v) is 3.44. The van der Waals surface area contributed by atoms with E-state index in [2.05, 4.69) is 69.4 Å². The van der Waals surface area contributed by atoms with Gasteiger partial charge in [0.15, 0.2) is 20.8 Å². The van der Waals surface area contributed by atoms with Crippen molar-refractivity contribution in [2.45, 2.75) is 52.2 Å². The molecule has 0 saturated carbocycles. The standard InChI is InChI=1S/C15H26IN5OSi/c1-5-6-7-17-13-12-14(19-10-18-13)21(15(16)20-12)11-22-8-9-23(2,3)4/h10H,5-9,11H2,1-4H3,(H,17,18,19). The van der Waals surface area contributed by atoms with Gasteiger partial charge in [-0.2, -0.15) is 0 Å². The second-order valence-electron chi connectivity index (χ2n) is 6.83. The number of nitrogens with zero attached hydrogens (tertiary/aromatic N) is 4. The number of hydrogen-bond donors (Lipinski definition) is 1. The molecule has 0 bridgehead atoms. The molecule has 0 unspecified atom stereocenters. The Kier molecular flexibility index (Phi) is 6.78. The smallest absolute Gasteiger partial charge is 0.175 e. The second kappa shape index (κ2) is 8.38. The number of anilines is 1. The van der Waals surface area contributed by atoms with Crippen LogP contribution in [-0.4, -0.2) is 40.7 Å². The molecule has 2 heterocycles. The van der Waals surface area contributed by atoms with Crippen LogP contribution in [0, 0.1) is 3.83 Å². The molecule has 0 saturated heterocycles. The minimum Gasteiger partial charge on any atom is -0.368 e. The van der Waals surface area contributed by atoms with Gasteiger partial charge in [-0.05, 0) is 12.5 Å². The molecule has 6 nitrogen and oxygen atoms in total. The van der Waals surface area contributed by atoms with Crippen LogP contribution in [0.25, 0.3) is 11.2 Å². The lowest BCUT2D eigenvalue weighted by molar-refractivity contribution is 0.0878. The zero-order chi connectivity index (χ0) is 16.9. The van der Waals surface area contributed by atoms with Gasteiger partial charge in [-0.25, -0.2) is 15.0 Å². The lowest BCUT2D eigenvalue weighted by atomic mass is 10.3. The Morgan fingerprint density at radius 3 is 2.78 bits per heavy atom. The normalized spacial score (nSPS) is 12.0. The molecule has 1 N–H and O–H groups in total. The van der Waals surface area contributed by atoms with E-state index in [1.54, 1.807) is 6.33 Å². The van der Waals surface area contributed by atoms with E-state index >= 15 is 0 Å². The Balaban J connectivity index is 2.08. The average molecular weight is 447 g/mol. The maximum absolute atomic E-state index is 5.85. The predicted molar refractivity (Wildman–Crippen MR) is 106 cm³/mol. The molecule has 0 aromatic carbocycles. The minimum absolute atomic E-state index is 0.491. The fraction of sp³-hybridized carbons (Fsp3) is 0.667. The lowest BCUT2D eigenvalue weighted by Crippen LogP contribution is -2.22. The summed E-state index contributed by atoms with van der Waals surface area (Å²) in [5.41, 5.74) is 1.65. The molecule has 0 aliphatic carbocycles. The Morgan fingerprint density at radius 1 is 1.30 bits per heavy atom. The molecule has 0 amide bonds. The van der Waals surface area contributed by atoms with Crippen LogP contribution < -0.4 is 5.32 Å². The van der Waals surface area contributed by atoms with E-state index in [9.17, 15) is 0 Å². The molecular weight excluding hydrogens is 421 g/mol. The first-order valence-electron chi connectivity index (χ1n) is 8.10. The molecule has 2 rings (SSSR count). The molecular formula is C15H26IN5OSi. The van der Waals surface area contributed by atoms with Crippen molar-refractivity contribution in [1.82, 2.24) is 19.5 Å². The Labute approximate surface area is 152 Å². The van der Waals surface area contributed by atoms with Crippen LogP contribution in [0.3, 0.4) is 0 Å². The van der Waals surface area contributed by atoms with E-state index in [4.69, 9.17) is 4.74 Å². The van der Waals surface area contributed by atoms with Crippen LogP contribution in [0.4, 0.5) is 5.82 Å². The number of halogens is 1. The molecule has 0 atom stereocenters. The quantitative estimate of drug-likeness (QED) is 0.273. The summed E-state index contributed by atoms with van der Waals surface area (Å²) in [5.74, 6) is 0.808. The van der Waals surface area contributed by atoms with Gasteiger partial charge in [0.1, 0.15) is 13.1 Å². The lowest BCUT2D eigenvalue weighted by Gasteiger charge is -2.15. The second-order valence-corrected chi connectivity index (χ2v) is 13.4. The number of ether oxygens (including phenoxy) is 1. The molecule has 8 heteroatoms. The third-order valence-corrected chi connectivity index (χ3v) is 6.05. The number of fused-ring (bicyclic) bond motifs is 1. The van der Waals surface area contributed by atoms with Crippen LogP contribution in [0.15, 0.2) is 6.33 Å². The molecule has 0 aliphatic rings. The van der Waals surface area contributed by atoms with E-state index in [1.165, 1.54) is 0 Å². The van der Waals surface area contributed by atoms with Crippen LogP contribution >= 0.6 is 22.6 Å². The molecule has 0 fully saturated rings. The molecule has 2 aromatic rings. The van der Waals surface area contributed by atoms with E-state index in [0.29, 0.717) is 6.73 Å². The summed E-state index contributed by atoms with van der Waals surface area (Å²) in [4.78, 5) is 13.3. The van der Waals surface area contributed by atoms with Gasteiger partial charge in [-0.1, -0.05) is 33.0 Å². The van der Waals surface area contributed by atoms with Crippen molar-refractivity contribution < 1.29 is 4.74 Å². The molecule has 0 spiro atoms. The van der Waals surface area contributed by atoms with E-state index in [0.717, 1.165) is 52.9 Å². The van der Waals surface area contributed by atoms with Gasteiger partial charge in [0.05, 0.1) is 0 Å². The van der Waals surface area contributed by atoms with Gasteiger partial charge >= 0.3 is 0 Å². The van der Waals surface area contributed by atoms with Crippen molar-refractivity contribution in [1.29, 1.82) is 0 Å². The zero-order valence-electron chi connectivity index (χ0n) is 14.4. The molecule has 0 aliphatic heterocycles. The van der Waals surface area contributed by atoms with Crippen molar-refractivity contribution in [2.75, 3.05) is 18.5 Å². The molecule has 23 heavy (non-hydrogen) atoms. The Morgan fingerprint density at radius 2 is 2.09 bits per heavy atom. The highest BCUT2D eigenvalue weighted by molar-refractivity contribution is 14.1. The third kappa shape index (κ3) is 5.39. The Bertz CT molecular complexity index is 641. The van der Waals surface area contributed by atoms with Gasteiger partial charge in [-0.3, -0.25) is 4.57 Å². The molecule has 2 aromatic heterocycles. The van der Waals surface area contributed by atoms with Crippen molar-refractivity contribution in [3.63, 3.8) is 0 Å². The summed E-state index contributed by atoms with van der Waals surface area (Å²) < 4.78 is 8.74. The van der Waals surface area contributed by atoms with Gasteiger partial charge in [0.25, 0.3) is 0 Å². The number of imidazole rings is 1. The maximum atomic E-state index is 5.85. The summed E-state index contributed by atoms with van der Waals surface area (Å²) >= 11 is 2.23. The summed E-state index contributed by atoms with van der Waals surface area (Å²) in [5, 5.41) is 3.35. The maximum Gasteiger partial charge on any atom is 0.175 e. The van der Waals surface area contributed by atoms with E-state index in [1.807, 2.05) is 4.57 Å². The molecule has 0 radical (unpaired) electrons. The SMILES string of the molecule is CCCCNc1ncnc2c1nc(I)n2COCC[Si](C)(C)C. The summed E-state index contributed by atoms with van der Waals surface area (Å²) in [6, 6.07) is 1.16. The van der Waals surface area contributed by atoms with Gasteiger partial charge < -0.3 is 10.1 Å². The minimum atomic E-state index is -1.06. The number of hydrogen-bond acceptors (Lipinski definition) is 5. The van der Waals surface area contributed by atoms with Crippen molar-refractivity contribution >= 4 is 47.6 Å². The van der Waals surface area contributed by atoms with Crippen molar-refractivity contribution in [2.24, 2.45) is 0 Å². The number of unbranched alkanes of at least 4 members (excludes halogenated alkanes) is 1. The van der Waals surface area contributed by atoms with Gasteiger partial charge in [0.2, 0.25) is 0 Å². The summed E-state index contributed by atoms with van der Waals surface area (Å²) in [6.45, 7) is 11.4. The average Bonchev–Trinajstić information content (AvgIpc) is 2.80. The highest BCUT2D eigenvalue weighted by Crippen LogP contribution is 2.21. The highest BCUT2D eigenvalue weighted by Gasteiger charge is 2.15. The Hall–Kier alpha value is -0.743. The summed E-state index contributed by atoms with van der Waals surface area (Å²) in [7, 11) is -1.06. The van der Waals surface area contributed by atoms with Crippen LogP contribution in [-0.2, 0) is 11.5 Å². The van der Waals surface area contributed by atoms with Crippen LogP contribution in [0.2, 0.25) is 25.7 Å². The summed E-state index contributed by atoms with van der Waals surface area (Å²) in [6.07, 6.45) is 3.86. The van der Waals surface area contributed by atoms with Crippen molar-refractivity contribution in [3.05, 3.63) is 10.2 Å².